The molecular weight excluding hydrogens is 182 g/mol. The van der Waals surface area contributed by atoms with Crippen LogP contribution in [0, 0.1) is 11.8 Å². The molecule has 0 heterocycles. The molecule has 0 amide bonds. The molecule has 15 heavy (non-hydrogen) atoms. The first-order chi connectivity index (χ1) is 7.34. The van der Waals surface area contributed by atoms with E-state index in [-0.39, 0.29) is 0 Å². The number of rotatable bonds is 6. The molecule has 1 nitrogen and oxygen atoms in total. The van der Waals surface area contributed by atoms with Crippen LogP contribution in [-0.4, -0.2) is 12.6 Å². The van der Waals surface area contributed by atoms with Crippen LogP contribution in [0.3, 0.4) is 0 Å². The van der Waals surface area contributed by atoms with Gasteiger partial charge in [0.2, 0.25) is 0 Å². The first-order valence-corrected chi connectivity index (χ1v) is 7.08. The van der Waals surface area contributed by atoms with E-state index in [0.29, 0.717) is 0 Å². The summed E-state index contributed by atoms with van der Waals surface area (Å²) in [4.78, 5) is 0. The van der Waals surface area contributed by atoms with E-state index in [1.54, 1.807) is 0 Å². The van der Waals surface area contributed by atoms with Gasteiger partial charge < -0.3 is 5.32 Å². The van der Waals surface area contributed by atoms with E-state index in [2.05, 4.69) is 12.2 Å². The molecule has 0 bridgehead atoms. The maximum atomic E-state index is 3.71. The Morgan fingerprint density at radius 2 is 1.67 bits per heavy atom. The molecule has 0 aliphatic heterocycles. The monoisotopic (exact) mass is 209 g/mol. The summed E-state index contributed by atoms with van der Waals surface area (Å²) in [6.07, 6.45) is 13.3. The van der Waals surface area contributed by atoms with Crippen molar-refractivity contribution in [1.29, 1.82) is 0 Å². The average Bonchev–Trinajstić information content (AvgIpc) is 2.64. The van der Waals surface area contributed by atoms with Gasteiger partial charge >= 0.3 is 0 Å². The molecule has 2 aliphatic carbocycles. The average molecular weight is 209 g/mol. The van der Waals surface area contributed by atoms with Gasteiger partial charge in [-0.05, 0) is 51.0 Å². The van der Waals surface area contributed by atoms with E-state index in [9.17, 15) is 0 Å². The minimum atomic E-state index is 0.756. The quantitative estimate of drug-likeness (QED) is 0.703. The molecule has 1 N–H and O–H groups in total. The lowest BCUT2D eigenvalue weighted by Crippen LogP contribution is -2.33. The van der Waals surface area contributed by atoms with E-state index < -0.39 is 0 Å². The predicted molar refractivity (Wildman–Crippen MR) is 66.0 cm³/mol. The molecule has 0 aromatic rings. The van der Waals surface area contributed by atoms with Gasteiger partial charge in [-0.15, -0.1) is 0 Å². The van der Waals surface area contributed by atoms with Gasteiger partial charge in [-0.1, -0.05) is 32.1 Å². The van der Waals surface area contributed by atoms with Crippen molar-refractivity contribution < 1.29 is 0 Å². The maximum absolute atomic E-state index is 3.71. The van der Waals surface area contributed by atoms with Crippen molar-refractivity contribution in [2.24, 2.45) is 11.8 Å². The van der Waals surface area contributed by atoms with Gasteiger partial charge in [-0.2, -0.15) is 0 Å². The third-order valence-electron chi connectivity index (χ3n) is 4.46. The van der Waals surface area contributed by atoms with Crippen LogP contribution in [0.5, 0.6) is 0 Å². The van der Waals surface area contributed by atoms with Crippen molar-refractivity contribution in [3.05, 3.63) is 0 Å². The third-order valence-corrected chi connectivity index (χ3v) is 4.46. The van der Waals surface area contributed by atoms with Crippen molar-refractivity contribution in [2.45, 2.75) is 70.8 Å². The van der Waals surface area contributed by atoms with Crippen molar-refractivity contribution in [3.63, 3.8) is 0 Å². The van der Waals surface area contributed by atoms with Crippen LogP contribution >= 0.6 is 0 Å². The van der Waals surface area contributed by atoms with E-state index in [1.807, 2.05) is 0 Å². The van der Waals surface area contributed by atoms with Gasteiger partial charge in [-0.25, -0.2) is 0 Å². The van der Waals surface area contributed by atoms with Crippen molar-refractivity contribution >= 4 is 0 Å². The summed E-state index contributed by atoms with van der Waals surface area (Å²) in [5, 5.41) is 3.71. The number of hydrogen-bond donors (Lipinski definition) is 1. The van der Waals surface area contributed by atoms with Crippen LogP contribution in [0.4, 0.5) is 0 Å². The smallest absolute Gasteiger partial charge is 0.00389 e. The van der Waals surface area contributed by atoms with Crippen molar-refractivity contribution in [2.75, 3.05) is 6.54 Å². The molecule has 0 radical (unpaired) electrons. The van der Waals surface area contributed by atoms with E-state index in [4.69, 9.17) is 0 Å². The molecule has 2 saturated carbocycles. The summed E-state index contributed by atoms with van der Waals surface area (Å²) in [6, 6.07) is 0.756. The molecular formula is C14H27N. The van der Waals surface area contributed by atoms with Crippen LogP contribution in [0.2, 0.25) is 0 Å². The standard InChI is InChI=1S/C14H27N/c1-12(15-11-14-7-4-8-14)9-10-13-5-2-3-6-13/h12-15H,2-11H2,1H3. The first kappa shape index (κ1) is 11.4. The second-order valence-electron chi connectivity index (χ2n) is 5.83. The molecule has 1 atom stereocenters. The van der Waals surface area contributed by atoms with Gasteiger partial charge in [-0.3, -0.25) is 0 Å². The summed E-state index contributed by atoms with van der Waals surface area (Å²) in [6.45, 7) is 3.65. The lowest BCUT2D eigenvalue weighted by Gasteiger charge is -2.27. The second kappa shape index (κ2) is 5.89. The summed E-state index contributed by atoms with van der Waals surface area (Å²) in [7, 11) is 0. The highest BCUT2D eigenvalue weighted by Gasteiger charge is 2.19. The second-order valence-corrected chi connectivity index (χ2v) is 5.83. The Labute approximate surface area is 95.0 Å². The Kier molecular flexibility index (Phi) is 4.49. The topological polar surface area (TPSA) is 12.0 Å². The van der Waals surface area contributed by atoms with Crippen LogP contribution in [-0.2, 0) is 0 Å². The molecule has 1 unspecified atom stereocenters. The van der Waals surface area contributed by atoms with E-state index >= 15 is 0 Å². The van der Waals surface area contributed by atoms with Gasteiger partial charge in [0.05, 0.1) is 0 Å². The molecule has 2 fully saturated rings. The van der Waals surface area contributed by atoms with Gasteiger partial charge in [0.1, 0.15) is 0 Å². The maximum Gasteiger partial charge on any atom is 0.00389 e. The van der Waals surface area contributed by atoms with Gasteiger partial charge in [0, 0.05) is 6.04 Å². The minimum absolute atomic E-state index is 0.756. The van der Waals surface area contributed by atoms with Crippen LogP contribution in [0.1, 0.15) is 64.7 Å². The SMILES string of the molecule is CC(CCC1CCCC1)NCC1CCC1. The first-order valence-electron chi connectivity index (χ1n) is 7.08. The largest absolute Gasteiger partial charge is 0.314 e. The lowest BCUT2D eigenvalue weighted by atomic mass is 9.85. The van der Waals surface area contributed by atoms with Gasteiger partial charge in [0.15, 0.2) is 0 Å². The summed E-state index contributed by atoms with van der Waals surface area (Å²) >= 11 is 0. The fourth-order valence-electron chi connectivity index (χ4n) is 2.95. The zero-order valence-corrected chi connectivity index (χ0v) is 10.3. The Balaban J connectivity index is 1.49. The zero-order valence-electron chi connectivity index (χ0n) is 10.3. The Hall–Kier alpha value is -0.0400. The van der Waals surface area contributed by atoms with E-state index in [0.717, 1.165) is 17.9 Å². The van der Waals surface area contributed by atoms with Crippen LogP contribution in [0.15, 0.2) is 0 Å². The summed E-state index contributed by atoms with van der Waals surface area (Å²) < 4.78 is 0. The third kappa shape index (κ3) is 3.79. The van der Waals surface area contributed by atoms with Crippen LogP contribution in [0.25, 0.3) is 0 Å². The summed E-state index contributed by atoms with van der Waals surface area (Å²) in [5.41, 5.74) is 0. The van der Waals surface area contributed by atoms with E-state index in [1.165, 1.54) is 64.3 Å². The molecule has 88 valence electrons. The highest BCUT2D eigenvalue weighted by atomic mass is 14.9. The number of hydrogen-bond acceptors (Lipinski definition) is 1. The Bertz CT molecular complexity index is 168. The fraction of sp³-hybridized carbons (Fsp3) is 1.00. The normalized spacial score (nSPS) is 25.4. The molecule has 0 aromatic heterocycles. The van der Waals surface area contributed by atoms with Gasteiger partial charge in [0.25, 0.3) is 0 Å². The van der Waals surface area contributed by atoms with Crippen molar-refractivity contribution in [1.82, 2.24) is 5.32 Å². The van der Waals surface area contributed by atoms with Crippen molar-refractivity contribution in [3.8, 4) is 0 Å². The molecule has 1 heteroatoms. The fourth-order valence-corrected chi connectivity index (χ4v) is 2.95. The van der Waals surface area contributed by atoms with Crippen LogP contribution < -0.4 is 5.32 Å². The highest BCUT2D eigenvalue weighted by molar-refractivity contribution is 4.75. The molecule has 2 aliphatic rings. The molecule has 0 saturated heterocycles. The summed E-state index contributed by atoms with van der Waals surface area (Å²) in [5.74, 6) is 2.08. The lowest BCUT2D eigenvalue weighted by molar-refractivity contribution is 0.285. The zero-order chi connectivity index (χ0) is 10.5. The molecule has 2 rings (SSSR count). The highest BCUT2D eigenvalue weighted by Crippen LogP contribution is 2.29. The Morgan fingerprint density at radius 1 is 1.00 bits per heavy atom. The molecule has 0 aromatic carbocycles. The Morgan fingerprint density at radius 3 is 2.27 bits per heavy atom. The predicted octanol–water partition coefficient (Wildman–Crippen LogP) is 3.74. The minimum Gasteiger partial charge on any atom is -0.314 e. The molecule has 0 spiro atoms. The number of nitrogens with one attached hydrogen (secondary N) is 1.